The van der Waals surface area contributed by atoms with Crippen molar-refractivity contribution in [2.24, 2.45) is 0 Å². The van der Waals surface area contributed by atoms with Gasteiger partial charge in [-0.1, -0.05) is 13.8 Å². The number of hydrogen-bond acceptors (Lipinski definition) is 1. The van der Waals surface area contributed by atoms with Crippen LogP contribution >= 0.6 is 0 Å². The van der Waals surface area contributed by atoms with E-state index in [0.717, 1.165) is 0 Å². The van der Waals surface area contributed by atoms with Gasteiger partial charge in [0.2, 0.25) is 0 Å². The van der Waals surface area contributed by atoms with Crippen molar-refractivity contribution in [1.29, 1.82) is 0 Å². The van der Waals surface area contributed by atoms with E-state index in [-0.39, 0.29) is 0 Å². The molecule has 2 unspecified atom stereocenters. The van der Waals surface area contributed by atoms with E-state index in [1.807, 2.05) is 0 Å². The second-order valence-corrected chi connectivity index (χ2v) is 4.45. The molecular weight excluding hydrogens is 134 g/mol. The highest BCUT2D eigenvalue weighted by molar-refractivity contribution is 5.00. The zero-order valence-corrected chi connectivity index (χ0v) is 8.33. The third kappa shape index (κ3) is 1.76. The summed E-state index contributed by atoms with van der Waals surface area (Å²) < 4.78 is 0. The highest BCUT2D eigenvalue weighted by Gasteiger charge is 2.38. The van der Waals surface area contributed by atoms with Gasteiger partial charge in [0.1, 0.15) is 0 Å². The Hall–Kier alpha value is -0.0400. The molecular formula is C10H21N. The van der Waals surface area contributed by atoms with Crippen molar-refractivity contribution < 1.29 is 0 Å². The van der Waals surface area contributed by atoms with Gasteiger partial charge in [0.05, 0.1) is 0 Å². The lowest BCUT2D eigenvalue weighted by Gasteiger charge is -2.29. The van der Waals surface area contributed by atoms with Gasteiger partial charge in [-0.3, -0.25) is 0 Å². The summed E-state index contributed by atoms with van der Waals surface area (Å²) in [6.45, 7) is 9.23. The molecule has 1 nitrogen and oxygen atoms in total. The van der Waals surface area contributed by atoms with Gasteiger partial charge in [-0.2, -0.15) is 0 Å². The summed E-state index contributed by atoms with van der Waals surface area (Å²) in [7, 11) is 0. The second kappa shape index (κ2) is 2.78. The van der Waals surface area contributed by atoms with Crippen LogP contribution in [0.2, 0.25) is 0 Å². The molecule has 1 heteroatoms. The quantitative estimate of drug-likeness (QED) is 0.646. The summed E-state index contributed by atoms with van der Waals surface area (Å²) in [6, 6.07) is 0. The molecule has 0 aromatic heterocycles. The van der Waals surface area contributed by atoms with Crippen LogP contribution in [0.25, 0.3) is 0 Å². The SMILES string of the molecule is CCC1(C)CCC(C)(CC)N1. The Morgan fingerprint density at radius 1 is 1.00 bits per heavy atom. The van der Waals surface area contributed by atoms with Crippen LogP contribution in [0.3, 0.4) is 0 Å². The van der Waals surface area contributed by atoms with Gasteiger partial charge in [0.15, 0.2) is 0 Å². The zero-order valence-electron chi connectivity index (χ0n) is 8.33. The maximum absolute atomic E-state index is 3.74. The summed E-state index contributed by atoms with van der Waals surface area (Å²) in [4.78, 5) is 0. The number of rotatable bonds is 2. The predicted octanol–water partition coefficient (Wildman–Crippen LogP) is 2.71. The molecule has 0 amide bonds. The van der Waals surface area contributed by atoms with E-state index in [9.17, 15) is 0 Å². The summed E-state index contributed by atoms with van der Waals surface area (Å²) in [6.07, 6.45) is 5.19. The van der Waals surface area contributed by atoms with Gasteiger partial charge in [-0.05, 0) is 39.5 Å². The zero-order chi connectivity index (χ0) is 8.54. The van der Waals surface area contributed by atoms with E-state index in [4.69, 9.17) is 0 Å². The molecule has 1 aliphatic heterocycles. The Labute approximate surface area is 70.6 Å². The highest BCUT2D eigenvalue weighted by Crippen LogP contribution is 2.34. The molecule has 1 saturated heterocycles. The topological polar surface area (TPSA) is 12.0 Å². The van der Waals surface area contributed by atoms with Crippen LogP contribution in [0.5, 0.6) is 0 Å². The molecule has 2 atom stereocenters. The van der Waals surface area contributed by atoms with Crippen molar-refractivity contribution in [2.45, 2.75) is 64.5 Å². The molecule has 11 heavy (non-hydrogen) atoms. The molecule has 1 rings (SSSR count). The van der Waals surface area contributed by atoms with Crippen LogP contribution in [-0.4, -0.2) is 11.1 Å². The fraction of sp³-hybridized carbons (Fsp3) is 1.00. The first-order chi connectivity index (χ1) is 5.04. The van der Waals surface area contributed by atoms with E-state index >= 15 is 0 Å². The van der Waals surface area contributed by atoms with Gasteiger partial charge >= 0.3 is 0 Å². The minimum Gasteiger partial charge on any atom is -0.306 e. The first kappa shape index (κ1) is 9.05. The molecule has 1 heterocycles. The van der Waals surface area contributed by atoms with E-state index in [2.05, 4.69) is 33.0 Å². The maximum atomic E-state index is 3.74. The van der Waals surface area contributed by atoms with Crippen molar-refractivity contribution in [2.75, 3.05) is 0 Å². The average Bonchev–Trinajstić information content (AvgIpc) is 2.30. The summed E-state index contributed by atoms with van der Waals surface area (Å²) in [5.41, 5.74) is 0.843. The molecule has 1 aliphatic rings. The monoisotopic (exact) mass is 155 g/mol. The molecule has 66 valence electrons. The van der Waals surface area contributed by atoms with Crippen LogP contribution in [0.15, 0.2) is 0 Å². The van der Waals surface area contributed by atoms with Gasteiger partial charge < -0.3 is 5.32 Å². The van der Waals surface area contributed by atoms with Crippen LogP contribution in [0.4, 0.5) is 0 Å². The maximum Gasteiger partial charge on any atom is 0.0156 e. The molecule has 0 bridgehead atoms. The van der Waals surface area contributed by atoms with Crippen LogP contribution in [0.1, 0.15) is 53.4 Å². The third-order valence-electron chi connectivity index (χ3n) is 3.39. The van der Waals surface area contributed by atoms with Crippen molar-refractivity contribution >= 4 is 0 Å². The summed E-state index contributed by atoms with van der Waals surface area (Å²) in [5.74, 6) is 0. The number of nitrogens with one attached hydrogen (secondary N) is 1. The normalized spacial score (nSPS) is 44.7. The Balaban J connectivity index is 2.58. The smallest absolute Gasteiger partial charge is 0.0156 e. The molecule has 1 N–H and O–H groups in total. The van der Waals surface area contributed by atoms with E-state index in [1.165, 1.54) is 25.7 Å². The molecule has 1 fully saturated rings. The lowest BCUT2D eigenvalue weighted by Crippen LogP contribution is -2.46. The lowest BCUT2D eigenvalue weighted by atomic mass is 9.95. The first-order valence-electron chi connectivity index (χ1n) is 4.83. The van der Waals surface area contributed by atoms with Gasteiger partial charge in [-0.15, -0.1) is 0 Å². The highest BCUT2D eigenvalue weighted by atomic mass is 15.1. The molecule has 0 saturated carbocycles. The Bertz CT molecular complexity index is 128. The third-order valence-corrected chi connectivity index (χ3v) is 3.39. The number of hydrogen-bond donors (Lipinski definition) is 1. The fourth-order valence-electron chi connectivity index (χ4n) is 1.94. The first-order valence-corrected chi connectivity index (χ1v) is 4.83. The van der Waals surface area contributed by atoms with E-state index in [1.54, 1.807) is 0 Å². The van der Waals surface area contributed by atoms with Crippen molar-refractivity contribution in [3.8, 4) is 0 Å². The largest absolute Gasteiger partial charge is 0.306 e. The minimum absolute atomic E-state index is 0.421. The average molecular weight is 155 g/mol. The second-order valence-electron chi connectivity index (χ2n) is 4.45. The van der Waals surface area contributed by atoms with Crippen LogP contribution < -0.4 is 5.32 Å². The predicted molar refractivity (Wildman–Crippen MR) is 49.8 cm³/mol. The van der Waals surface area contributed by atoms with E-state index < -0.39 is 0 Å². The molecule has 0 aromatic rings. The van der Waals surface area contributed by atoms with Gasteiger partial charge in [0.25, 0.3) is 0 Å². The molecule has 0 aliphatic carbocycles. The Morgan fingerprint density at radius 3 is 1.55 bits per heavy atom. The van der Waals surface area contributed by atoms with Crippen LogP contribution in [0, 0.1) is 0 Å². The lowest BCUT2D eigenvalue weighted by molar-refractivity contribution is 0.313. The minimum atomic E-state index is 0.421. The summed E-state index contributed by atoms with van der Waals surface area (Å²) >= 11 is 0. The van der Waals surface area contributed by atoms with Crippen molar-refractivity contribution in [3.05, 3.63) is 0 Å². The van der Waals surface area contributed by atoms with E-state index in [0.29, 0.717) is 11.1 Å². The fourth-order valence-corrected chi connectivity index (χ4v) is 1.94. The standard InChI is InChI=1S/C10H21N/c1-5-9(3)7-8-10(4,6-2)11-9/h11H,5-8H2,1-4H3. The summed E-state index contributed by atoms with van der Waals surface area (Å²) in [5, 5.41) is 3.74. The molecule has 0 aromatic carbocycles. The Kier molecular flexibility index (Phi) is 2.29. The van der Waals surface area contributed by atoms with Gasteiger partial charge in [0, 0.05) is 11.1 Å². The van der Waals surface area contributed by atoms with Crippen LogP contribution in [-0.2, 0) is 0 Å². The Morgan fingerprint density at radius 2 is 1.36 bits per heavy atom. The molecule has 0 radical (unpaired) electrons. The van der Waals surface area contributed by atoms with Gasteiger partial charge in [-0.25, -0.2) is 0 Å². The van der Waals surface area contributed by atoms with Crippen molar-refractivity contribution in [1.82, 2.24) is 5.32 Å². The van der Waals surface area contributed by atoms with Crippen molar-refractivity contribution in [3.63, 3.8) is 0 Å². The molecule has 0 spiro atoms.